The lowest BCUT2D eigenvalue weighted by atomic mass is 10.1. The van der Waals surface area contributed by atoms with Gasteiger partial charge in [-0.3, -0.25) is 14.5 Å². The number of nitrogens with zero attached hydrogens (tertiary/aromatic N) is 1. The minimum atomic E-state index is -3.70. The monoisotopic (exact) mass is 483 g/mol. The Morgan fingerprint density at radius 1 is 1.19 bits per heavy atom. The van der Waals surface area contributed by atoms with Crippen LogP contribution in [-0.2, 0) is 30.8 Å². The van der Waals surface area contributed by atoms with Crippen molar-refractivity contribution in [3.8, 4) is 0 Å². The Bertz CT molecular complexity index is 1150. The fourth-order valence-corrected chi connectivity index (χ4v) is 4.59. The molecule has 0 radical (unpaired) electrons. The number of sulfonamides is 1. The van der Waals surface area contributed by atoms with Crippen molar-refractivity contribution in [2.75, 3.05) is 13.2 Å². The Labute approximate surface area is 189 Å². The van der Waals surface area contributed by atoms with E-state index in [-0.39, 0.29) is 10.7 Å². The first-order chi connectivity index (χ1) is 14.7. The van der Waals surface area contributed by atoms with E-state index in [2.05, 4.69) is 15.0 Å². The maximum absolute atomic E-state index is 12.2. The lowest BCUT2D eigenvalue weighted by Crippen LogP contribution is -2.32. The van der Waals surface area contributed by atoms with Crippen LogP contribution in [-0.4, -0.2) is 45.3 Å². The topological polar surface area (TPSA) is 114 Å². The van der Waals surface area contributed by atoms with Gasteiger partial charge < -0.3 is 10.1 Å². The van der Waals surface area contributed by atoms with Crippen molar-refractivity contribution in [3.05, 3.63) is 63.6 Å². The number of hydrogen-bond donors (Lipinski definition) is 2. The molecule has 1 heterocycles. The van der Waals surface area contributed by atoms with Crippen LogP contribution in [0.1, 0.15) is 18.1 Å². The number of carbonyl (C=O) groups is 2. The minimum absolute atomic E-state index is 0.0596. The predicted molar refractivity (Wildman–Crippen MR) is 117 cm³/mol. The van der Waals surface area contributed by atoms with E-state index >= 15 is 0 Å². The SMILES string of the molecule is C[C@@H](N=C1NS(=O)(=O)c2ccccc21)C(=O)OCC(=O)NCCc1ccc(Cl)cc1Cl. The number of esters is 1. The first-order valence-electron chi connectivity index (χ1n) is 9.24. The number of benzene rings is 2. The first kappa shape index (κ1) is 23.1. The molecule has 0 spiro atoms. The fraction of sp³-hybridized carbons (Fsp3) is 0.250. The van der Waals surface area contributed by atoms with Gasteiger partial charge in [0.05, 0.1) is 4.90 Å². The Morgan fingerprint density at radius 3 is 2.68 bits per heavy atom. The van der Waals surface area contributed by atoms with E-state index in [1.807, 2.05) is 0 Å². The summed E-state index contributed by atoms with van der Waals surface area (Å²) < 4.78 is 31.5. The summed E-state index contributed by atoms with van der Waals surface area (Å²) in [6.45, 7) is 1.27. The molecule has 0 bridgehead atoms. The first-order valence-corrected chi connectivity index (χ1v) is 11.5. The van der Waals surface area contributed by atoms with Crippen molar-refractivity contribution in [2.45, 2.75) is 24.3 Å². The number of ether oxygens (including phenoxy) is 1. The highest BCUT2D eigenvalue weighted by Gasteiger charge is 2.31. The molecule has 2 aromatic rings. The van der Waals surface area contributed by atoms with Gasteiger partial charge in [-0.15, -0.1) is 0 Å². The smallest absolute Gasteiger partial charge is 0.331 e. The van der Waals surface area contributed by atoms with E-state index < -0.39 is 34.5 Å². The second-order valence-electron chi connectivity index (χ2n) is 6.70. The van der Waals surface area contributed by atoms with Gasteiger partial charge in [-0.05, 0) is 43.2 Å². The molecular weight excluding hydrogens is 465 g/mol. The average Bonchev–Trinajstić information content (AvgIpc) is 2.98. The Morgan fingerprint density at radius 2 is 1.94 bits per heavy atom. The maximum atomic E-state index is 12.2. The highest BCUT2D eigenvalue weighted by atomic mass is 35.5. The minimum Gasteiger partial charge on any atom is -0.454 e. The lowest BCUT2D eigenvalue weighted by molar-refractivity contribution is -0.149. The lowest BCUT2D eigenvalue weighted by Gasteiger charge is -2.10. The number of halogens is 2. The molecule has 0 aliphatic carbocycles. The number of hydrogen-bond acceptors (Lipinski definition) is 6. The van der Waals surface area contributed by atoms with Crippen LogP contribution in [0.15, 0.2) is 52.4 Å². The van der Waals surface area contributed by atoms with E-state index in [0.717, 1.165) is 5.56 Å². The van der Waals surface area contributed by atoms with E-state index in [1.165, 1.54) is 13.0 Å². The van der Waals surface area contributed by atoms with Gasteiger partial charge in [-0.25, -0.2) is 13.2 Å². The highest BCUT2D eigenvalue weighted by molar-refractivity contribution is 7.90. The number of rotatable bonds is 7. The zero-order chi connectivity index (χ0) is 22.6. The summed E-state index contributed by atoms with van der Waals surface area (Å²) in [5.74, 6) is -1.18. The number of amides is 1. The molecule has 1 aliphatic heterocycles. The van der Waals surface area contributed by atoms with E-state index in [0.29, 0.717) is 28.6 Å². The van der Waals surface area contributed by atoms with Crippen LogP contribution in [0, 0.1) is 0 Å². The van der Waals surface area contributed by atoms with Crippen molar-refractivity contribution in [1.29, 1.82) is 0 Å². The summed E-state index contributed by atoms with van der Waals surface area (Å²) >= 11 is 11.9. The molecule has 1 amide bonds. The zero-order valence-electron chi connectivity index (χ0n) is 16.4. The molecule has 11 heteroatoms. The van der Waals surface area contributed by atoms with Crippen molar-refractivity contribution in [3.63, 3.8) is 0 Å². The molecule has 164 valence electrons. The fourth-order valence-electron chi connectivity index (χ4n) is 2.85. The van der Waals surface area contributed by atoms with Gasteiger partial charge in [0.2, 0.25) is 0 Å². The molecule has 31 heavy (non-hydrogen) atoms. The maximum Gasteiger partial charge on any atom is 0.331 e. The summed E-state index contributed by atoms with van der Waals surface area (Å²) in [5, 5.41) is 3.66. The third-order valence-electron chi connectivity index (χ3n) is 4.40. The Hall–Kier alpha value is -2.62. The number of fused-ring (bicyclic) bond motifs is 1. The van der Waals surface area contributed by atoms with Gasteiger partial charge in [0.25, 0.3) is 15.9 Å². The Balaban J connectivity index is 1.49. The molecule has 1 atom stereocenters. The van der Waals surface area contributed by atoms with Crippen molar-refractivity contribution in [2.24, 2.45) is 4.99 Å². The summed E-state index contributed by atoms with van der Waals surface area (Å²) in [6, 6.07) is 10.4. The molecular formula is C20H19Cl2N3O5S. The van der Waals surface area contributed by atoms with Gasteiger partial charge in [-0.1, -0.05) is 41.4 Å². The third-order valence-corrected chi connectivity index (χ3v) is 6.39. The van der Waals surface area contributed by atoms with Crippen LogP contribution in [0.5, 0.6) is 0 Å². The van der Waals surface area contributed by atoms with Gasteiger partial charge in [0.15, 0.2) is 6.61 Å². The van der Waals surface area contributed by atoms with Gasteiger partial charge in [-0.2, -0.15) is 0 Å². The number of carbonyl (C=O) groups excluding carboxylic acids is 2. The molecule has 2 aromatic carbocycles. The van der Waals surface area contributed by atoms with Crippen LogP contribution in [0.3, 0.4) is 0 Å². The van der Waals surface area contributed by atoms with Crippen LogP contribution < -0.4 is 10.0 Å². The molecule has 0 unspecified atom stereocenters. The molecule has 8 nitrogen and oxygen atoms in total. The molecule has 1 aliphatic rings. The molecule has 2 N–H and O–H groups in total. The normalized spacial score (nSPS) is 16.3. The van der Waals surface area contributed by atoms with Crippen molar-refractivity contribution in [1.82, 2.24) is 10.0 Å². The third kappa shape index (κ3) is 5.75. The van der Waals surface area contributed by atoms with Gasteiger partial charge in [0.1, 0.15) is 11.9 Å². The van der Waals surface area contributed by atoms with Crippen LogP contribution in [0.2, 0.25) is 10.0 Å². The predicted octanol–water partition coefficient (Wildman–Crippen LogP) is 2.32. The second-order valence-corrected chi connectivity index (χ2v) is 9.19. The van der Waals surface area contributed by atoms with Crippen LogP contribution in [0.25, 0.3) is 0 Å². The molecule has 0 fully saturated rings. The van der Waals surface area contributed by atoms with E-state index in [1.54, 1.807) is 36.4 Å². The Kier molecular flexibility index (Phi) is 7.19. The number of amidine groups is 1. The zero-order valence-corrected chi connectivity index (χ0v) is 18.7. The largest absolute Gasteiger partial charge is 0.454 e. The van der Waals surface area contributed by atoms with Gasteiger partial charge in [0, 0.05) is 22.2 Å². The molecule has 3 rings (SSSR count). The number of aliphatic imine (C=N–C) groups is 1. The summed E-state index contributed by atoms with van der Waals surface area (Å²) in [4.78, 5) is 28.3. The second kappa shape index (κ2) is 9.67. The van der Waals surface area contributed by atoms with E-state index in [9.17, 15) is 18.0 Å². The standard InChI is InChI=1S/C20H19Cl2N3O5S/c1-12(24-19-15-4-2-3-5-17(15)31(28,29)25-19)20(27)30-11-18(26)23-9-8-13-6-7-14(21)10-16(13)22/h2-7,10,12H,8-9,11H2,1H3,(H,23,26)(H,24,25)/t12-/m1/s1. The molecule has 0 saturated carbocycles. The summed E-state index contributed by atoms with van der Waals surface area (Å²) in [6.07, 6.45) is 0.485. The quantitative estimate of drug-likeness (QED) is 0.586. The van der Waals surface area contributed by atoms with E-state index in [4.69, 9.17) is 27.9 Å². The van der Waals surface area contributed by atoms with Gasteiger partial charge >= 0.3 is 5.97 Å². The highest BCUT2D eigenvalue weighted by Crippen LogP contribution is 2.23. The van der Waals surface area contributed by atoms with Crippen molar-refractivity contribution >= 4 is 50.9 Å². The van der Waals surface area contributed by atoms with Crippen LogP contribution >= 0.6 is 23.2 Å². The average molecular weight is 484 g/mol. The summed E-state index contributed by atoms with van der Waals surface area (Å²) in [7, 11) is -3.70. The molecule has 0 saturated heterocycles. The van der Waals surface area contributed by atoms with Crippen molar-refractivity contribution < 1.29 is 22.7 Å². The number of nitrogens with one attached hydrogen (secondary N) is 2. The summed E-state index contributed by atoms with van der Waals surface area (Å²) in [5.41, 5.74) is 1.20. The van der Waals surface area contributed by atoms with Crippen LogP contribution in [0.4, 0.5) is 0 Å². The molecule has 0 aromatic heterocycles.